The average molecular weight is 434 g/mol. The van der Waals surface area contributed by atoms with Crippen molar-refractivity contribution in [2.45, 2.75) is 33.9 Å². The summed E-state index contributed by atoms with van der Waals surface area (Å²) in [5.41, 5.74) is 7.07. The summed E-state index contributed by atoms with van der Waals surface area (Å²) >= 11 is 5.76. The van der Waals surface area contributed by atoms with Crippen LogP contribution in [0.25, 0.3) is 0 Å². The Bertz CT molecular complexity index is 1040. The molecule has 1 aromatic heterocycles. The van der Waals surface area contributed by atoms with Gasteiger partial charge in [0.25, 0.3) is 0 Å². The molecule has 1 fully saturated rings. The smallest absolute Gasteiger partial charge is 0.173 e. The van der Waals surface area contributed by atoms with Gasteiger partial charge in [0.2, 0.25) is 0 Å². The molecule has 0 bridgehead atoms. The van der Waals surface area contributed by atoms with Crippen molar-refractivity contribution in [2.24, 2.45) is 0 Å². The van der Waals surface area contributed by atoms with Crippen LogP contribution in [0.2, 0.25) is 0 Å². The van der Waals surface area contributed by atoms with Crippen LogP contribution in [0.4, 0.5) is 5.69 Å². The summed E-state index contributed by atoms with van der Waals surface area (Å²) in [5.74, 6) is 0. The number of benzene rings is 2. The Labute approximate surface area is 190 Å². The van der Waals surface area contributed by atoms with Crippen LogP contribution in [0.1, 0.15) is 28.1 Å². The Hall–Kier alpha value is -2.70. The van der Waals surface area contributed by atoms with E-state index in [-0.39, 0.29) is 0 Å². The number of anilines is 1. The second kappa shape index (κ2) is 9.62. The van der Waals surface area contributed by atoms with E-state index in [0.717, 1.165) is 61.5 Å². The lowest BCUT2D eigenvalue weighted by molar-refractivity contribution is 0.177. The third kappa shape index (κ3) is 5.14. The van der Waals surface area contributed by atoms with E-state index in [1.807, 2.05) is 6.92 Å². The van der Waals surface area contributed by atoms with Crippen LogP contribution >= 0.6 is 12.2 Å². The van der Waals surface area contributed by atoms with E-state index < -0.39 is 0 Å². The number of piperazine rings is 1. The fraction of sp³-hybridized carbons (Fsp3) is 0.360. The Morgan fingerprint density at radius 3 is 2.29 bits per heavy atom. The lowest BCUT2D eigenvalue weighted by Crippen LogP contribution is -2.49. The second-order valence-electron chi connectivity index (χ2n) is 8.31. The number of rotatable bonds is 5. The zero-order valence-corrected chi connectivity index (χ0v) is 19.5. The first-order valence-corrected chi connectivity index (χ1v) is 11.3. The predicted molar refractivity (Wildman–Crippen MR) is 131 cm³/mol. The highest BCUT2D eigenvalue weighted by Gasteiger charge is 2.21. The zero-order chi connectivity index (χ0) is 21.8. The molecule has 0 amide bonds. The third-order valence-corrected chi connectivity index (χ3v) is 6.46. The summed E-state index contributed by atoms with van der Waals surface area (Å²) < 4.78 is 2.07. The minimum atomic E-state index is 0.770. The summed E-state index contributed by atoms with van der Waals surface area (Å²) in [7, 11) is 0. The summed E-state index contributed by atoms with van der Waals surface area (Å²) in [6.07, 6.45) is 0. The predicted octanol–water partition coefficient (Wildman–Crippen LogP) is 4.37. The van der Waals surface area contributed by atoms with Gasteiger partial charge in [-0.2, -0.15) is 5.10 Å². The van der Waals surface area contributed by atoms with E-state index in [1.54, 1.807) is 0 Å². The molecule has 0 unspecified atom stereocenters. The maximum atomic E-state index is 5.76. The topological polar surface area (TPSA) is 36.3 Å². The molecule has 0 radical (unpaired) electrons. The van der Waals surface area contributed by atoms with Gasteiger partial charge >= 0.3 is 0 Å². The average Bonchev–Trinajstić information content (AvgIpc) is 3.04. The molecule has 3 aromatic rings. The number of hydrogen-bond acceptors (Lipinski definition) is 3. The first-order valence-electron chi connectivity index (χ1n) is 10.9. The molecule has 0 aliphatic carbocycles. The highest BCUT2D eigenvalue weighted by Crippen LogP contribution is 2.22. The Morgan fingerprint density at radius 2 is 1.58 bits per heavy atom. The quantitative estimate of drug-likeness (QED) is 0.605. The lowest BCUT2D eigenvalue weighted by Gasteiger charge is -2.36. The van der Waals surface area contributed by atoms with Gasteiger partial charge in [0.1, 0.15) is 0 Å². The van der Waals surface area contributed by atoms with E-state index in [2.05, 4.69) is 88.2 Å². The Balaban J connectivity index is 1.36. The first-order chi connectivity index (χ1) is 15.0. The molecule has 162 valence electrons. The number of aromatic nitrogens is 2. The van der Waals surface area contributed by atoms with Crippen LogP contribution in [0.5, 0.6) is 0 Å². The molecule has 1 aliphatic heterocycles. The number of nitrogens with zero attached hydrogens (tertiary/aromatic N) is 4. The van der Waals surface area contributed by atoms with Crippen LogP contribution in [-0.4, -0.2) is 50.9 Å². The van der Waals surface area contributed by atoms with Crippen molar-refractivity contribution in [1.82, 2.24) is 19.6 Å². The summed E-state index contributed by atoms with van der Waals surface area (Å²) in [6, 6.07) is 19.1. The molecule has 5 nitrogen and oxygen atoms in total. The molecule has 4 rings (SSSR count). The molecule has 1 N–H and O–H groups in total. The molecule has 1 aliphatic rings. The molecular formula is C25H31N5S. The molecule has 0 saturated carbocycles. The van der Waals surface area contributed by atoms with Crippen LogP contribution in [-0.2, 0) is 13.1 Å². The highest BCUT2D eigenvalue weighted by molar-refractivity contribution is 7.80. The lowest BCUT2D eigenvalue weighted by atomic mass is 10.1. The normalized spacial score (nSPS) is 14.6. The van der Waals surface area contributed by atoms with Gasteiger partial charge in [-0.05, 0) is 49.7 Å². The summed E-state index contributed by atoms with van der Waals surface area (Å²) in [6.45, 7) is 12.0. The van der Waals surface area contributed by atoms with Gasteiger partial charge in [0.15, 0.2) is 5.11 Å². The van der Waals surface area contributed by atoms with Crippen LogP contribution in [0.3, 0.4) is 0 Å². The van der Waals surface area contributed by atoms with Gasteiger partial charge in [-0.1, -0.05) is 54.6 Å². The summed E-state index contributed by atoms with van der Waals surface area (Å²) in [5, 5.41) is 9.05. The maximum Gasteiger partial charge on any atom is 0.173 e. The van der Waals surface area contributed by atoms with Crippen LogP contribution in [0.15, 0.2) is 54.6 Å². The monoisotopic (exact) mass is 433 g/mol. The van der Waals surface area contributed by atoms with Crippen LogP contribution in [0, 0.1) is 20.8 Å². The maximum absolute atomic E-state index is 5.76. The number of nitrogens with one attached hydrogen (secondary N) is 1. The molecule has 2 heterocycles. The molecule has 6 heteroatoms. The van der Waals surface area contributed by atoms with Gasteiger partial charge in [-0.25, -0.2) is 0 Å². The van der Waals surface area contributed by atoms with E-state index in [4.69, 9.17) is 17.3 Å². The Morgan fingerprint density at radius 1 is 0.903 bits per heavy atom. The molecule has 31 heavy (non-hydrogen) atoms. The van der Waals surface area contributed by atoms with Crippen molar-refractivity contribution in [3.05, 3.63) is 82.7 Å². The van der Waals surface area contributed by atoms with Gasteiger partial charge < -0.3 is 10.2 Å². The number of aryl methyl sites for hydroxylation is 2. The van der Waals surface area contributed by atoms with Crippen molar-refractivity contribution < 1.29 is 0 Å². The van der Waals surface area contributed by atoms with Crippen molar-refractivity contribution >= 4 is 23.0 Å². The van der Waals surface area contributed by atoms with Gasteiger partial charge in [-0.3, -0.25) is 9.58 Å². The Kier molecular flexibility index (Phi) is 6.68. The third-order valence-electron chi connectivity index (χ3n) is 6.10. The van der Waals surface area contributed by atoms with Crippen molar-refractivity contribution in [1.29, 1.82) is 0 Å². The SMILES string of the molecule is Cc1ccccc1Cn1nc(C)c(NC(=S)N2CCN(Cc3ccccc3)CC2)c1C. The molecule has 0 spiro atoms. The molecule has 0 atom stereocenters. The van der Waals surface area contributed by atoms with Gasteiger partial charge in [0, 0.05) is 32.7 Å². The highest BCUT2D eigenvalue weighted by atomic mass is 32.1. The van der Waals surface area contributed by atoms with Gasteiger partial charge in [-0.15, -0.1) is 0 Å². The fourth-order valence-electron chi connectivity index (χ4n) is 4.12. The minimum Gasteiger partial charge on any atom is -0.346 e. The molecular weight excluding hydrogens is 402 g/mol. The molecule has 2 aromatic carbocycles. The molecule has 1 saturated heterocycles. The second-order valence-corrected chi connectivity index (χ2v) is 8.70. The minimum absolute atomic E-state index is 0.770. The summed E-state index contributed by atoms with van der Waals surface area (Å²) in [4.78, 5) is 4.76. The van der Waals surface area contributed by atoms with Crippen LogP contribution < -0.4 is 5.32 Å². The first kappa shape index (κ1) is 21.5. The number of hydrogen-bond donors (Lipinski definition) is 1. The van der Waals surface area contributed by atoms with Crippen molar-refractivity contribution in [3.63, 3.8) is 0 Å². The van der Waals surface area contributed by atoms with Gasteiger partial charge in [0.05, 0.1) is 23.6 Å². The van der Waals surface area contributed by atoms with E-state index in [9.17, 15) is 0 Å². The van der Waals surface area contributed by atoms with Crippen molar-refractivity contribution in [2.75, 3.05) is 31.5 Å². The number of thiocarbonyl (C=S) groups is 1. The standard InChI is InChI=1S/C25H31N5S/c1-19-9-7-8-12-23(19)18-30-21(3)24(20(2)27-30)26-25(31)29-15-13-28(14-16-29)17-22-10-5-4-6-11-22/h4-12H,13-18H2,1-3H3,(H,26,31). The van der Waals surface area contributed by atoms with E-state index in [0.29, 0.717) is 0 Å². The fourth-order valence-corrected chi connectivity index (χ4v) is 4.40. The largest absolute Gasteiger partial charge is 0.346 e. The van der Waals surface area contributed by atoms with Crippen molar-refractivity contribution in [3.8, 4) is 0 Å². The zero-order valence-electron chi connectivity index (χ0n) is 18.6. The van der Waals surface area contributed by atoms with E-state index in [1.165, 1.54) is 16.7 Å². The van der Waals surface area contributed by atoms with E-state index >= 15 is 0 Å².